The van der Waals surface area contributed by atoms with Crippen molar-refractivity contribution in [2.45, 2.75) is 13.6 Å². The van der Waals surface area contributed by atoms with Gasteiger partial charge in [0.2, 0.25) is 0 Å². The van der Waals surface area contributed by atoms with Gasteiger partial charge in [-0.3, -0.25) is 14.6 Å². The summed E-state index contributed by atoms with van der Waals surface area (Å²) < 4.78 is 2.10. The number of aromatic nitrogens is 3. The van der Waals surface area contributed by atoms with Gasteiger partial charge in [-0.2, -0.15) is 5.10 Å². The molecule has 0 amide bonds. The molecule has 4 rings (SSSR count). The molecule has 1 N–H and O–H groups in total. The van der Waals surface area contributed by atoms with Crippen LogP contribution < -0.4 is 5.32 Å². The first-order valence-corrected chi connectivity index (χ1v) is 8.12. The van der Waals surface area contributed by atoms with Gasteiger partial charge in [-0.15, -0.1) is 0 Å². The molecule has 0 spiro atoms. The Balaban J connectivity index is 1.69. The monoisotopic (exact) mass is 307 g/mol. The Morgan fingerprint density at radius 2 is 1.96 bits per heavy atom. The van der Waals surface area contributed by atoms with E-state index in [1.807, 2.05) is 12.4 Å². The Bertz CT molecular complexity index is 800. The molecule has 23 heavy (non-hydrogen) atoms. The maximum Gasteiger partial charge on any atom is 0.0936 e. The largest absolute Gasteiger partial charge is 0.314 e. The molecular weight excluding hydrogens is 286 g/mol. The smallest absolute Gasteiger partial charge is 0.0936 e. The predicted octanol–water partition coefficient (Wildman–Crippen LogP) is 2.27. The normalized spacial score (nSPS) is 16.0. The van der Waals surface area contributed by atoms with E-state index in [2.05, 4.69) is 62.2 Å². The SMILES string of the molecule is Cc1ccc(-c2cccc3c2cnn3CN2CCNCC2)nc1. The Kier molecular flexibility index (Phi) is 3.81. The lowest BCUT2D eigenvalue weighted by Crippen LogP contribution is -2.44. The van der Waals surface area contributed by atoms with E-state index in [1.54, 1.807) is 0 Å². The van der Waals surface area contributed by atoms with E-state index in [1.165, 1.54) is 16.5 Å². The fourth-order valence-corrected chi connectivity index (χ4v) is 3.11. The van der Waals surface area contributed by atoms with Gasteiger partial charge in [-0.25, -0.2) is 0 Å². The van der Waals surface area contributed by atoms with Crippen molar-refractivity contribution in [3.8, 4) is 11.3 Å². The molecule has 1 aromatic carbocycles. The molecule has 1 saturated heterocycles. The molecule has 3 aromatic rings. The lowest BCUT2D eigenvalue weighted by molar-refractivity contribution is 0.187. The second kappa shape index (κ2) is 6.10. The molecular formula is C18H21N5. The highest BCUT2D eigenvalue weighted by Crippen LogP contribution is 2.27. The van der Waals surface area contributed by atoms with Crippen molar-refractivity contribution in [2.24, 2.45) is 0 Å². The van der Waals surface area contributed by atoms with E-state index in [0.29, 0.717) is 0 Å². The van der Waals surface area contributed by atoms with Gasteiger partial charge in [0.25, 0.3) is 0 Å². The van der Waals surface area contributed by atoms with Gasteiger partial charge in [-0.1, -0.05) is 18.2 Å². The molecule has 0 unspecified atom stereocenters. The molecule has 5 nitrogen and oxygen atoms in total. The summed E-state index contributed by atoms with van der Waals surface area (Å²) in [6.07, 6.45) is 3.88. The molecule has 2 aromatic heterocycles. The highest BCUT2D eigenvalue weighted by atomic mass is 15.4. The number of piperazine rings is 1. The zero-order valence-corrected chi connectivity index (χ0v) is 13.4. The number of pyridine rings is 1. The third kappa shape index (κ3) is 2.85. The molecule has 118 valence electrons. The summed E-state index contributed by atoms with van der Waals surface area (Å²) in [6, 6.07) is 10.5. The van der Waals surface area contributed by atoms with Crippen molar-refractivity contribution in [2.75, 3.05) is 26.2 Å². The first-order valence-electron chi connectivity index (χ1n) is 8.12. The van der Waals surface area contributed by atoms with Crippen molar-refractivity contribution in [3.63, 3.8) is 0 Å². The average molecular weight is 307 g/mol. The lowest BCUT2D eigenvalue weighted by atomic mass is 10.1. The number of hydrogen-bond donors (Lipinski definition) is 1. The molecule has 0 aliphatic carbocycles. The van der Waals surface area contributed by atoms with Crippen LogP contribution in [0.15, 0.2) is 42.7 Å². The van der Waals surface area contributed by atoms with Crippen LogP contribution in [0.3, 0.4) is 0 Å². The van der Waals surface area contributed by atoms with Crippen molar-refractivity contribution in [1.82, 2.24) is 25.0 Å². The summed E-state index contributed by atoms with van der Waals surface area (Å²) in [7, 11) is 0. The molecule has 1 fully saturated rings. The first kappa shape index (κ1) is 14.4. The molecule has 0 radical (unpaired) electrons. The maximum atomic E-state index is 4.62. The quantitative estimate of drug-likeness (QED) is 0.806. The fourth-order valence-electron chi connectivity index (χ4n) is 3.11. The van der Waals surface area contributed by atoms with E-state index in [9.17, 15) is 0 Å². The minimum atomic E-state index is 0.843. The maximum absolute atomic E-state index is 4.62. The van der Waals surface area contributed by atoms with Gasteiger partial charge >= 0.3 is 0 Å². The van der Waals surface area contributed by atoms with E-state index >= 15 is 0 Å². The van der Waals surface area contributed by atoms with Crippen LogP contribution >= 0.6 is 0 Å². The van der Waals surface area contributed by atoms with Gasteiger partial charge in [0.1, 0.15) is 0 Å². The number of nitrogens with one attached hydrogen (secondary N) is 1. The zero-order chi connectivity index (χ0) is 15.6. The van der Waals surface area contributed by atoms with Gasteiger partial charge in [0.05, 0.1) is 24.1 Å². The molecule has 1 aliphatic heterocycles. The molecule has 0 bridgehead atoms. The first-order chi connectivity index (χ1) is 11.3. The minimum Gasteiger partial charge on any atom is -0.314 e. The second-order valence-corrected chi connectivity index (χ2v) is 6.11. The lowest BCUT2D eigenvalue weighted by Gasteiger charge is -2.27. The third-order valence-corrected chi connectivity index (χ3v) is 4.42. The summed E-state index contributed by atoms with van der Waals surface area (Å²) >= 11 is 0. The van der Waals surface area contributed by atoms with Crippen molar-refractivity contribution in [1.29, 1.82) is 0 Å². The van der Waals surface area contributed by atoms with Crippen LogP contribution in [-0.4, -0.2) is 45.8 Å². The van der Waals surface area contributed by atoms with Crippen LogP contribution in [0.4, 0.5) is 0 Å². The molecule has 0 saturated carbocycles. The Morgan fingerprint density at radius 3 is 2.74 bits per heavy atom. The average Bonchev–Trinajstić information content (AvgIpc) is 3.00. The summed E-state index contributed by atoms with van der Waals surface area (Å²) in [5.41, 5.74) is 4.50. The molecule has 1 aliphatic rings. The van der Waals surface area contributed by atoms with Crippen LogP contribution in [-0.2, 0) is 6.67 Å². The van der Waals surface area contributed by atoms with Gasteiger partial charge in [-0.05, 0) is 24.6 Å². The fraction of sp³-hybridized carbons (Fsp3) is 0.333. The van der Waals surface area contributed by atoms with Gasteiger partial charge < -0.3 is 5.32 Å². The standard InChI is InChI=1S/C18H21N5/c1-14-5-6-17(20-11-14)15-3-2-4-18-16(15)12-21-23(18)13-22-9-7-19-8-10-22/h2-6,11-12,19H,7-10,13H2,1H3. The second-order valence-electron chi connectivity index (χ2n) is 6.11. The Morgan fingerprint density at radius 1 is 1.09 bits per heavy atom. The van der Waals surface area contributed by atoms with Crippen molar-refractivity contribution in [3.05, 3.63) is 48.3 Å². The summed E-state index contributed by atoms with van der Waals surface area (Å²) in [5, 5.41) is 9.17. The van der Waals surface area contributed by atoms with E-state index < -0.39 is 0 Å². The van der Waals surface area contributed by atoms with Crippen LogP contribution in [0.2, 0.25) is 0 Å². The number of nitrogens with zero attached hydrogens (tertiary/aromatic N) is 4. The van der Waals surface area contributed by atoms with Gasteiger partial charge in [0, 0.05) is 43.3 Å². The summed E-state index contributed by atoms with van der Waals surface area (Å²) in [5.74, 6) is 0. The third-order valence-electron chi connectivity index (χ3n) is 4.42. The number of aryl methyl sites for hydroxylation is 1. The van der Waals surface area contributed by atoms with Crippen LogP contribution in [0.5, 0.6) is 0 Å². The molecule has 0 atom stereocenters. The van der Waals surface area contributed by atoms with Crippen LogP contribution in [0.25, 0.3) is 22.2 Å². The van der Waals surface area contributed by atoms with Crippen molar-refractivity contribution >= 4 is 10.9 Å². The van der Waals surface area contributed by atoms with E-state index in [0.717, 1.165) is 44.1 Å². The van der Waals surface area contributed by atoms with E-state index in [-0.39, 0.29) is 0 Å². The number of rotatable bonds is 3. The van der Waals surface area contributed by atoms with Crippen molar-refractivity contribution < 1.29 is 0 Å². The summed E-state index contributed by atoms with van der Waals surface area (Å²) in [6.45, 7) is 7.15. The Hall–Kier alpha value is -2.24. The predicted molar refractivity (Wildman–Crippen MR) is 92.1 cm³/mol. The summed E-state index contributed by atoms with van der Waals surface area (Å²) in [4.78, 5) is 7.00. The number of benzene rings is 1. The highest BCUT2D eigenvalue weighted by Gasteiger charge is 2.13. The number of hydrogen-bond acceptors (Lipinski definition) is 4. The Labute approximate surface area is 135 Å². The topological polar surface area (TPSA) is 46.0 Å². The van der Waals surface area contributed by atoms with E-state index in [4.69, 9.17) is 0 Å². The molecule has 3 heterocycles. The molecule has 5 heteroatoms. The highest BCUT2D eigenvalue weighted by molar-refractivity contribution is 5.93. The van der Waals surface area contributed by atoms with Crippen LogP contribution in [0.1, 0.15) is 5.56 Å². The zero-order valence-electron chi connectivity index (χ0n) is 13.4. The van der Waals surface area contributed by atoms with Crippen LogP contribution in [0, 0.1) is 6.92 Å². The van der Waals surface area contributed by atoms with Gasteiger partial charge in [0.15, 0.2) is 0 Å². The minimum absolute atomic E-state index is 0.843. The number of fused-ring (bicyclic) bond motifs is 1.